The van der Waals surface area contributed by atoms with Crippen LogP contribution in [0.25, 0.3) is 0 Å². The Bertz CT molecular complexity index is 1550. The number of carboxylic acid groups (broad SMARTS) is 1. The molecule has 6 atom stereocenters. The van der Waals surface area contributed by atoms with Gasteiger partial charge in [-0.3, -0.25) is 33.4 Å². The summed E-state index contributed by atoms with van der Waals surface area (Å²) in [4.78, 5) is 71.5. The average molecular weight is 746 g/mol. The molecule has 51 heavy (non-hydrogen) atoms. The van der Waals surface area contributed by atoms with Crippen molar-refractivity contribution in [1.82, 2.24) is 15.5 Å². The second-order valence-corrected chi connectivity index (χ2v) is 12.9. The van der Waals surface area contributed by atoms with E-state index >= 15 is 0 Å². The first kappa shape index (κ1) is 40.8. The highest BCUT2D eigenvalue weighted by Crippen LogP contribution is 2.29. The monoisotopic (exact) mass is 745 g/mol. The lowest BCUT2D eigenvalue weighted by Gasteiger charge is -2.38. The summed E-state index contributed by atoms with van der Waals surface area (Å²) in [5.41, 5.74) is 0.341. The molecule has 1 fully saturated rings. The summed E-state index contributed by atoms with van der Waals surface area (Å²) in [6, 6.07) is 2.42. The van der Waals surface area contributed by atoms with Gasteiger partial charge in [-0.15, -0.1) is 0 Å². The molecule has 0 bridgehead atoms. The third-order valence-corrected chi connectivity index (χ3v) is 8.26. The Hall–Kier alpha value is -4.67. The van der Waals surface area contributed by atoms with Crippen LogP contribution in [0.3, 0.4) is 0 Å². The van der Waals surface area contributed by atoms with Gasteiger partial charge in [0.2, 0.25) is 18.1 Å². The molecule has 0 spiro atoms. The van der Waals surface area contributed by atoms with E-state index in [1.165, 1.54) is 18.2 Å². The number of carboxylic acids is 1. The number of aliphatic carboxylic acids is 1. The third kappa shape index (κ3) is 12.6. The third-order valence-electron chi connectivity index (χ3n) is 7.50. The molecule has 1 aromatic carbocycles. The van der Waals surface area contributed by atoms with Crippen LogP contribution in [-0.2, 0) is 55.0 Å². The van der Waals surface area contributed by atoms with Gasteiger partial charge in [-0.25, -0.2) is 4.79 Å². The number of rotatable bonds is 21. The molecule has 2 heterocycles. The van der Waals surface area contributed by atoms with Crippen LogP contribution in [0.1, 0.15) is 37.7 Å². The fourth-order valence-corrected chi connectivity index (χ4v) is 5.56. The van der Waals surface area contributed by atoms with Crippen molar-refractivity contribution in [3.8, 4) is 11.5 Å². The van der Waals surface area contributed by atoms with E-state index in [9.17, 15) is 62.2 Å². The Balaban J connectivity index is 1.50. The number of amides is 4. The van der Waals surface area contributed by atoms with E-state index in [1.807, 2.05) is 0 Å². The molecule has 1 aromatic rings. The maximum absolute atomic E-state index is 12.7. The maximum atomic E-state index is 12.7. The van der Waals surface area contributed by atoms with Crippen LogP contribution in [0.5, 0.6) is 11.5 Å². The number of hydrogen-bond donors (Lipinski definition) is 7. The van der Waals surface area contributed by atoms with E-state index in [1.54, 1.807) is 0 Å². The van der Waals surface area contributed by atoms with Gasteiger partial charge in [0.25, 0.3) is 28.4 Å². The number of aliphatic hydroxyl groups excluding tert-OH is 3. The van der Waals surface area contributed by atoms with Crippen LogP contribution in [0.15, 0.2) is 30.4 Å². The molecule has 282 valence electrons. The van der Waals surface area contributed by atoms with Crippen LogP contribution >= 0.6 is 0 Å². The van der Waals surface area contributed by atoms with Gasteiger partial charge in [-0.1, -0.05) is 6.42 Å². The zero-order chi connectivity index (χ0) is 37.7. The number of aliphatic hydroxyl groups is 3. The molecule has 4 amide bonds. The summed E-state index contributed by atoms with van der Waals surface area (Å²) in [5.74, 6) is -5.07. The molecule has 0 radical (unpaired) electrons. The van der Waals surface area contributed by atoms with Crippen molar-refractivity contribution in [2.75, 3.05) is 25.4 Å². The summed E-state index contributed by atoms with van der Waals surface area (Å²) in [7, 11) is -4.68. The molecular weight excluding hydrogens is 706 g/mol. The lowest BCUT2D eigenvalue weighted by atomic mass is 9.99. The minimum atomic E-state index is -4.68. The van der Waals surface area contributed by atoms with E-state index in [2.05, 4.69) is 10.6 Å². The Kier molecular flexibility index (Phi) is 15.2. The molecule has 1 saturated heterocycles. The van der Waals surface area contributed by atoms with Crippen molar-refractivity contribution in [1.29, 1.82) is 0 Å². The van der Waals surface area contributed by atoms with Crippen LogP contribution in [0.2, 0.25) is 0 Å². The highest BCUT2D eigenvalue weighted by Gasteiger charge is 2.48. The van der Waals surface area contributed by atoms with Crippen molar-refractivity contribution in [3.05, 3.63) is 35.9 Å². The molecule has 20 nitrogen and oxygen atoms in total. The van der Waals surface area contributed by atoms with E-state index in [0.29, 0.717) is 24.8 Å². The van der Waals surface area contributed by atoms with Gasteiger partial charge in [0, 0.05) is 43.3 Å². The molecule has 0 aromatic heterocycles. The number of carbonyl (C=O) groups is 6. The predicted molar refractivity (Wildman–Crippen MR) is 168 cm³/mol. The first-order valence-corrected chi connectivity index (χ1v) is 17.2. The Morgan fingerprint density at radius 3 is 2.35 bits per heavy atom. The van der Waals surface area contributed by atoms with Gasteiger partial charge in [0.05, 0.1) is 6.61 Å². The molecule has 0 unspecified atom stereocenters. The molecule has 2 aliphatic rings. The minimum Gasteiger partial charge on any atom is -0.493 e. The molecular formula is C30H39N3O17S. The number of nitrogens with one attached hydrogen (secondary N) is 2. The Morgan fingerprint density at radius 1 is 1.00 bits per heavy atom. The predicted octanol–water partition coefficient (Wildman–Crippen LogP) is -2.63. The summed E-state index contributed by atoms with van der Waals surface area (Å²) in [5, 5.41) is 44.1. The summed E-state index contributed by atoms with van der Waals surface area (Å²) in [6.07, 6.45) is -5.77. The molecule has 2 aliphatic heterocycles. The standard InChI is InChI=1S/C30H39N3O17S/c34-16-47-14-17-6-7-18(49-30-26(40)24(38)25(39)27(50-30)29(42)43)13-20(17)48-12-4-10-31-28(41)19(15-51(44,45)46)32-21(35)5-2-1-3-11-33-22(36)8-9-23(33)37/h6-9,13,16,19,24-27,30,38-40H,1-5,10-12,14-15H2,(H,31,41)(H,32,35)(H,42,43)(H,44,45,46)/t19-,24-,25-,26+,27-,30+/m0/s1. The molecule has 21 heteroatoms. The largest absolute Gasteiger partial charge is 0.493 e. The second kappa shape index (κ2) is 19.1. The van der Waals surface area contributed by atoms with Crippen LogP contribution in [-0.4, -0.2) is 137 Å². The van der Waals surface area contributed by atoms with Crippen LogP contribution in [0.4, 0.5) is 0 Å². The number of unbranched alkanes of at least 4 members (excludes halogenated alkanes) is 2. The zero-order valence-electron chi connectivity index (χ0n) is 27.0. The number of nitrogens with zero attached hydrogens (tertiary/aromatic N) is 1. The number of imide groups is 1. The Labute approximate surface area is 291 Å². The minimum absolute atomic E-state index is 0.0391. The smallest absolute Gasteiger partial charge is 0.335 e. The van der Waals surface area contributed by atoms with Crippen molar-refractivity contribution < 1.29 is 81.1 Å². The summed E-state index contributed by atoms with van der Waals surface area (Å²) >= 11 is 0. The normalized spacial score (nSPS) is 22.3. The van der Waals surface area contributed by atoms with E-state index in [-0.39, 0.29) is 57.1 Å². The average Bonchev–Trinajstić information content (AvgIpc) is 3.39. The molecule has 3 rings (SSSR count). The van der Waals surface area contributed by atoms with Crippen molar-refractivity contribution in [3.63, 3.8) is 0 Å². The molecule has 7 N–H and O–H groups in total. The number of benzene rings is 1. The molecule has 0 saturated carbocycles. The topological polar surface area (TPSA) is 302 Å². The summed E-state index contributed by atoms with van der Waals surface area (Å²) < 4.78 is 53.5. The number of ether oxygens (including phenoxy) is 4. The quantitative estimate of drug-likeness (QED) is 0.0293. The fourth-order valence-electron chi connectivity index (χ4n) is 4.90. The highest BCUT2D eigenvalue weighted by molar-refractivity contribution is 7.85. The highest BCUT2D eigenvalue weighted by atomic mass is 32.2. The first-order chi connectivity index (χ1) is 24.1. The van der Waals surface area contributed by atoms with Gasteiger partial charge < -0.3 is 50.0 Å². The number of carbonyl (C=O) groups excluding carboxylic acids is 5. The SMILES string of the molecule is O=COCc1ccc(O[C@@H]2O[C@H](C(=O)O)[C@@H](O)[C@H](O)[C@H]2O)cc1OCCCNC(=O)[C@H](CS(=O)(=O)O)NC(=O)CCCCCN1C(=O)C=CC1=O. The van der Waals surface area contributed by atoms with Crippen LogP contribution in [0, 0.1) is 0 Å². The number of hydrogen-bond acceptors (Lipinski definition) is 15. The van der Waals surface area contributed by atoms with E-state index in [4.69, 9.17) is 18.9 Å². The Morgan fingerprint density at radius 2 is 1.71 bits per heavy atom. The lowest BCUT2D eigenvalue weighted by molar-refractivity contribution is -0.271. The van der Waals surface area contributed by atoms with E-state index in [0.717, 1.165) is 17.1 Å². The second-order valence-electron chi connectivity index (χ2n) is 11.4. The zero-order valence-corrected chi connectivity index (χ0v) is 27.8. The van der Waals surface area contributed by atoms with Gasteiger partial charge in [-0.2, -0.15) is 8.42 Å². The van der Waals surface area contributed by atoms with E-state index < -0.39 is 82.2 Å². The maximum Gasteiger partial charge on any atom is 0.335 e. The lowest BCUT2D eigenvalue weighted by Crippen LogP contribution is -2.61. The molecule has 0 aliphatic carbocycles. The first-order valence-electron chi connectivity index (χ1n) is 15.6. The van der Waals surface area contributed by atoms with Crippen molar-refractivity contribution >= 4 is 46.2 Å². The van der Waals surface area contributed by atoms with Gasteiger partial charge >= 0.3 is 5.97 Å². The fraction of sp³-hybridized carbons (Fsp3) is 0.533. The van der Waals surface area contributed by atoms with Gasteiger partial charge in [0.1, 0.15) is 48.2 Å². The van der Waals surface area contributed by atoms with Gasteiger partial charge in [0.15, 0.2) is 6.10 Å². The van der Waals surface area contributed by atoms with Crippen LogP contribution < -0.4 is 20.1 Å². The van der Waals surface area contributed by atoms with Gasteiger partial charge in [-0.05, 0) is 31.4 Å². The van der Waals surface area contributed by atoms with Crippen molar-refractivity contribution in [2.24, 2.45) is 0 Å². The van der Waals surface area contributed by atoms with Crippen molar-refractivity contribution in [2.45, 2.75) is 75.5 Å². The summed E-state index contributed by atoms with van der Waals surface area (Å²) in [6.45, 7) is -0.0592.